The van der Waals surface area contributed by atoms with Crippen molar-refractivity contribution in [1.82, 2.24) is 0 Å². The van der Waals surface area contributed by atoms with E-state index < -0.39 is 0 Å². The van der Waals surface area contributed by atoms with Crippen LogP contribution in [0.15, 0.2) is 72.8 Å². The highest BCUT2D eigenvalue weighted by Crippen LogP contribution is 2.31. The molecule has 110 valence electrons. The van der Waals surface area contributed by atoms with Crippen molar-refractivity contribution in [3.8, 4) is 11.1 Å². The molecule has 0 aliphatic rings. The normalized spacial score (nSPS) is 12.1. The van der Waals surface area contributed by atoms with Gasteiger partial charge in [0.25, 0.3) is 0 Å². The summed E-state index contributed by atoms with van der Waals surface area (Å²) in [5.41, 5.74) is 4.77. The van der Waals surface area contributed by atoms with Crippen LogP contribution in [0.25, 0.3) is 11.1 Å². The molecule has 0 aliphatic carbocycles. The van der Waals surface area contributed by atoms with Gasteiger partial charge in [0.05, 0.1) is 0 Å². The van der Waals surface area contributed by atoms with Gasteiger partial charge in [-0.2, -0.15) is 0 Å². The molecule has 0 spiro atoms. The Morgan fingerprint density at radius 1 is 0.682 bits per heavy atom. The molecule has 0 saturated heterocycles. The van der Waals surface area contributed by atoms with E-state index in [1.807, 2.05) is 42.5 Å². The van der Waals surface area contributed by atoms with Crippen LogP contribution >= 0.6 is 23.2 Å². The first kappa shape index (κ1) is 15.1. The largest absolute Gasteiger partial charge is 0.0843 e. The molecule has 3 rings (SSSR count). The van der Waals surface area contributed by atoms with E-state index >= 15 is 0 Å². The van der Waals surface area contributed by atoms with E-state index in [9.17, 15) is 0 Å². The summed E-state index contributed by atoms with van der Waals surface area (Å²) in [5.74, 6) is 0.271. The lowest BCUT2D eigenvalue weighted by Gasteiger charge is -2.14. The maximum Gasteiger partial charge on any atom is 0.0444 e. The maximum atomic E-state index is 6.30. The molecule has 0 bridgehead atoms. The molecule has 0 fully saturated rings. The number of hydrogen-bond acceptors (Lipinski definition) is 0. The zero-order chi connectivity index (χ0) is 15.5. The van der Waals surface area contributed by atoms with E-state index in [2.05, 4.69) is 37.3 Å². The summed E-state index contributed by atoms with van der Waals surface area (Å²) in [6, 6.07) is 24.5. The molecular weight excluding hydrogens is 311 g/mol. The highest BCUT2D eigenvalue weighted by atomic mass is 35.5. The van der Waals surface area contributed by atoms with E-state index in [-0.39, 0.29) is 5.92 Å². The van der Waals surface area contributed by atoms with Gasteiger partial charge in [0.1, 0.15) is 0 Å². The van der Waals surface area contributed by atoms with Gasteiger partial charge in [0, 0.05) is 16.0 Å². The molecule has 22 heavy (non-hydrogen) atoms. The molecular formula is C20H16Cl2. The third kappa shape index (κ3) is 3.19. The lowest BCUT2D eigenvalue weighted by atomic mass is 9.92. The first-order chi connectivity index (χ1) is 10.6. The van der Waals surface area contributed by atoms with E-state index in [0.29, 0.717) is 0 Å². The number of benzene rings is 3. The van der Waals surface area contributed by atoms with Crippen LogP contribution in [0.5, 0.6) is 0 Å². The van der Waals surface area contributed by atoms with Crippen LogP contribution in [0.4, 0.5) is 0 Å². The average Bonchev–Trinajstić information content (AvgIpc) is 2.56. The lowest BCUT2D eigenvalue weighted by Crippen LogP contribution is -1.96. The minimum atomic E-state index is 0.271. The lowest BCUT2D eigenvalue weighted by molar-refractivity contribution is 0.923. The fourth-order valence-electron chi connectivity index (χ4n) is 2.61. The molecule has 0 heterocycles. The third-order valence-corrected chi connectivity index (χ3v) is 4.56. The molecule has 0 aliphatic heterocycles. The fourth-order valence-corrected chi connectivity index (χ4v) is 3.04. The van der Waals surface area contributed by atoms with Gasteiger partial charge in [0.2, 0.25) is 0 Å². The smallest absolute Gasteiger partial charge is 0.0444 e. The van der Waals surface area contributed by atoms with Crippen LogP contribution < -0.4 is 0 Å². The number of hydrogen-bond donors (Lipinski definition) is 0. The molecule has 0 nitrogen and oxygen atoms in total. The topological polar surface area (TPSA) is 0 Å². The van der Waals surface area contributed by atoms with Crippen molar-refractivity contribution in [3.05, 3.63) is 94.0 Å². The van der Waals surface area contributed by atoms with Crippen molar-refractivity contribution < 1.29 is 0 Å². The van der Waals surface area contributed by atoms with E-state index in [0.717, 1.165) is 15.6 Å². The van der Waals surface area contributed by atoms with Gasteiger partial charge in [-0.3, -0.25) is 0 Å². The molecule has 2 heteroatoms. The summed E-state index contributed by atoms with van der Waals surface area (Å²) in [6.07, 6.45) is 0. The summed E-state index contributed by atoms with van der Waals surface area (Å²) >= 11 is 12.2. The second kappa shape index (κ2) is 6.56. The van der Waals surface area contributed by atoms with Crippen molar-refractivity contribution >= 4 is 23.2 Å². The van der Waals surface area contributed by atoms with Gasteiger partial charge in [-0.15, -0.1) is 0 Å². The van der Waals surface area contributed by atoms with Gasteiger partial charge in [-0.1, -0.05) is 84.7 Å². The molecule has 0 aromatic heterocycles. The summed E-state index contributed by atoms with van der Waals surface area (Å²) in [7, 11) is 0. The predicted octanol–water partition coefficient (Wildman–Crippen LogP) is 6.81. The van der Waals surface area contributed by atoms with Crippen LogP contribution in [0, 0.1) is 0 Å². The van der Waals surface area contributed by atoms with Gasteiger partial charge in [-0.05, 0) is 40.5 Å². The monoisotopic (exact) mass is 326 g/mol. The van der Waals surface area contributed by atoms with Gasteiger partial charge in [0.15, 0.2) is 0 Å². The summed E-state index contributed by atoms with van der Waals surface area (Å²) in [6.45, 7) is 2.18. The standard InChI is InChI=1S/C20H16Cl2/c1-14(19-4-2-3-5-20(19)22)15-6-8-16(9-7-15)17-10-12-18(21)13-11-17/h2-14H,1H3. The Morgan fingerprint density at radius 3 is 1.82 bits per heavy atom. The summed E-state index contributed by atoms with van der Waals surface area (Å²) in [4.78, 5) is 0. The fraction of sp³-hybridized carbons (Fsp3) is 0.100. The molecule has 3 aromatic carbocycles. The van der Waals surface area contributed by atoms with Crippen LogP contribution in [0.1, 0.15) is 24.0 Å². The predicted molar refractivity (Wildman–Crippen MR) is 95.9 cm³/mol. The average molecular weight is 327 g/mol. The van der Waals surface area contributed by atoms with Crippen molar-refractivity contribution in [2.45, 2.75) is 12.8 Å². The van der Waals surface area contributed by atoms with Gasteiger partial charge >= 0.3 is 0 Å². The number of halogens is 2. The molecule has 0 N–H and O–H groups in total. The Kier molecular flexibility index (Phi) is 4.52. The second-order valence-corrected chi connectivity index (χ2v) is 6.22. The minimum Gasteiger partial charge on any atom is -0.0843 e. The number of rotatable bonds is 3. The highest BCUT2D eigenvalue weighted by molar-refractivity contribution is 6.31. The Bertz CT molecular complexity index is 758. The third-order valence-electron chi connectivity index (χ3n) is 3.96. The van der Waals surface area contributed by atoms with Crippen molar-refractivity contribution in [2.75, 3.05) is 0 Å². The van der Waals surface area contributed by atoms with Crippen molar-refractivity contribution in [1.29, 1.82) is 0 Å². The summed E-state index contributed by atoms with van der Waals surface area (Å²) in [5, 5.41) is 1.57. The van der Waals surface area contributed by atoms with Gasteiger partial charge < -0.3 is 0 Å². The van der Waals surface area contributed by atoms with Crippen molar-refractivity contribution in [3.63, 3.8) is 0 Å². The van der Waals surface area contributed by atoms with Crippen LogP contribution in [-0.2, 0) is 0 Å². The summed E-state index contributed by atoms with van der Waals surface area (Å²) < 4.78 is 0. The van der Waals surface area contributed by atoms with E-state index in [1.54, 1.807) is 0 Å². The Labute approximate surface area is 141 Å². The highest BCUT2D eigenvalue weighted by Gasteiger charge is 2.11. The Hall–Kier alpha value is -1.76. The van der Waals surface area contributed by atoms with Crippen molar-refractivity contribution in [2.24, 2.45) is 0 Å². The SMILES string of the molecule is CC(c1ccc(-c2ccc(Cl)cc2)cc1)c1ccccc1Cl. The zero-order valence-corrected chi connectivity index (χ0v) is 13.8. The first-order valence-corrected chi connectivity index (χ1v) is 8.01. The second-order valence-electron chi connectivity index (χ2n) is 5.37. The van der Waals surface area contributed by atoms with Crippen LogP contribution in [-0.4, -0.2) is 0 Å². The molecule has 0 saturated carbocycles. The molecule has 1 unspecified atom stereocenters. The maximum absolute atomic E-state index is 6.30. The Balaban J connectivity index is 1.88. The molecule has 1 atom stereocenters. The van der Waals surface area contributed by atoms with Crippen LogP contribution in [0.2, 0.25) is 10.0 Å². The quantitative estimate of drug-likeness (QED) is 0.495. The Morgan fingerprint density at radius 2 is 1.23 bits per heavy atom. The van der Waals surface area contributed by atoms with Gasteiger partial charge in [-0.25, -0.2) is 0 Å². The molecule has 0 radical (unpaired) electrons. The van der Waals surface area contributed by atoms with Crippen LogP contribution in [0.3, 0.4) is 0 Å². The first-order valence-electron chi connectivity index (χ1n) is 7.25. The molecule has 3 aromatic rings. The van der Waals surface area contributed by atoms with E-state index in [4.69, 9.17) is 23.2 Å². The molecule has 0 amide bonds. The zero-order valence-electron chi connectivity index (χ0n) is 12.3. The minimum absolute atomic E-state index is 0.271. The van der Waals surface area contributed by atoms with E-state index in [1.165, 1.54) is 16.7 Å².